The second-order valence-electron chi connectivity index (χ2n) is 7.78. The van der Waals surface area contributed by atoms with Gasteiger partial charge in [-0.15, -0.1) is 0 Å². The molecule has 0 fully saturated rings. The van der Waals surface area contributed by atoms with E-state index in [0.717, 1.165) is 11.1 Å². The van der Waals surface area contributed by atoms with Gasteiger partial charge in [-0.25, -0.2) is 4.79 Å². The van der Waals surface area contributed by atoms with Crippen LogP contribution in [0.1, 0.15) is 31.9 Å². The number of halogens is 2. The van der Waals surface area contributed by atoms with Gasteiger partial charge in [-0.1, -0.05) is 35.3 Å². The van der Waals surface area contributed by atoms with Crippen LogP contribution in [-0.2, 0) is 13.0 Å². The van der Waals surface area contributed by atoms with E-state index >= 15 is 0 Å². The number of ether oxygens (including phenoxy) is 2. The number of carbonyl (C=O) groups is 1. The molecule has 2 rings (SSSR count). The quantitative estimate of drug-likeness (QED) is 0.614. The van der Waals surface area contributed by atoms with Gasteiger partial charge >= 0.3 is 6.03 Å². The molecule has 2 aromatic carbocycles. The van der Waals surface area contributed by atoms with Crippen molar-refractivity contribution in [2.45, 2.75) is 39.3 Å². The summed E-state index contributed by atoms with van der Waals surface area (Å²) in [5, 5.41) is 4.21. The van der Waals surface area contributed by atoms with Crippen molar-refractivity contribution in [3.63, 3.8) is 0 Å². The van der Waals surface area contributed by atoms with Crippen molar-refractivity contribution < 1.29 is 14.3 Å². The van der Waals surface area contributed by atoms with Crippen molar-refractivity contribution in [2.75, 3.05) is 20.8 Å². The molecular weight excluding hydrogens is 411 g/mol. The molecule has 0 aliphatic carbocycles. The molecule has 0 radical (unpaired) electrons. The Hall–Kier alpha value is -2.11. The van der Waals surface area contributed by atoms with E-state index in [1.165, 1.54) is 0 Å². The fourth-order valence-corrected chi connectivity index (χ4v) is 3.33. The van der Waals surface area contributed by atoms with Gasteiger partial charge < -0.3 is 19.7 Å². The average Bonchev–Trinajstić information content (AvgIpc) is 2.64. The lowest BCUT2D eigenvalue weighted by Gasteiger charge is -2.29. The zero-order chi connectivity index (χ0) is 21.6. The third kappa shape index (κ3) is 7.02. The van der Waals surface area contributed by atoms with E-state index in [2.05, 4.69) is 5.32 Å². The van der Waals surface area contributed by atoms with E-state index < -0.39 is 0 Å². The minimum Gasteiger partial charge on any atom is -0.493 e. The number of benzene rings is 2. The second kappa shape index (κ2) is 10.1. The first-order valence-electron chi connectivity index (χ1n) is 9.35. The van der Waals surface area contributed by atoms with Gasteiger partial charge in [0.25, 0.3) is 0 Å². The average molecular weight is 439 g/mol. The molecule has 0 aliphatic heterocycles. The van der Waals surface area contributed by atoms with Crippen molar-refractivity contribution in [1.82, 2.24) is 10.2 Å². The predicted molar refractivity (Wildman–Crippen MR) is 118 cm³/mol. The summed E-state index contributed by atoms with van der Waals surface area (Å²) in [6, 6.07) is 10.9. The van der Waals surface area contributed by atoms with E-state index in [-0.39, 0.29) is 11.6 Å². The van der Waals surface area contributed by atoms with E-state index in [1.807, 2.05) is 45.0 Å². The Kier molecular flexibility index (Phi) is 8.05. The maximum absolute atomic E-state index is 12.9. The molecule has 0 bridgehead atoms. The number of amides is 2. The Bertz CT molecular complexity index is 850. The molecule has 0 atom stereocenters. The molecule has 0 spiro atoms. The highest BCUT2D eigenvalue weighted by Crippen LogP contribution is 2.28. The molecule has 5 nitrogen and oxygen atoms in total. The normalized spacial score (nSPS) is 11.1. The van der Waals surface area contributed by atoms with Gasteiger partial charge in [0.1, 0.15) is 0 Å². The van der Waals surface area contributed by atoms with E-state index in [0.29, 0.717) is 41.1 Å². The van der Waals surface area contributed by atoms with Crippen LogP contribution in [0.3, 0.4) is 0 Å². The highest BCUT2D eigenvalue weighted by molar-refractivity contribution is 6.35. The minimum atomic E-state index is -0.342. The van der Waals surface area contributed by atoms with E-state index in [1.54, 1.807) is 31.3 Å². The van der Waals surface area contributed by atoms with Crippen LogP contribution >= 0.6 is 23.2 Å². The number of hydrogen-bond acceptors (Lipinski definition) is 3. The zero-order valence-corrected chi connectivity index (χ0v) is 19.0. The molecule has 7 heteroatoms. The summed E-state index contributed by atoms with van der Waals surface area (Å²) >= 11 is 12.3. The predicted octanol–water partition coefficient (Wildman–Crippen LogP) is 5.56. The summed E-state index contributed by atoms with van der Waals surface area (Å²) in [6.45, 7) is 6.78. The fourth-order valence-electron chi connectivity index (χ4n) is 2.83. The molecule has 0 saturated carbocycles. The lowest BCUT2D eigenvalue weighted by Crippen LogP contribution is -2.48. The van der Waals surface area contributed by atoms with Crippen LogP contribution in [0, 0.1) is 0 Å². The van der Waals surface area contributed by atoms with Crippen molar-refractivity contribution in [1.29, 1.82) is 0 Å². The Labute approximate surface area is 182 Å². The second-order valence-corrected chi connectivity index (χ2v) is 8.62. The molecule has 2 amide bonds. The van der Waals surface area contributed by atoms with Gasteiger partial charge in [-0.2, -0.15) is 0 Å². The van der Waals surface area contributed by atoms with Gasteiger partial charge in [-0.3, -0.25) is 0 Å². The summed E-state index contributed by atoms with van der Waals surface area (Å²) in [5.41, 5.74) is 1.54. The van der Waals surface area contributed by atoms with E-state index in [9.17, 15) is 4.79 Å². The Morgan fingerprint density at radius 1 is 1.03 bits per heavy atom. The summed E-state index contributed by atoms with van der Waals surface area (Å²) in [6.07, 6.45) is 0.612. The monoisotopic (exact) mass is 438 g/mol. The topological polar surface area (TPSA) is 50.8 Å². The number of hydrogen-bond donors (Lipinski definition) is 1. The lowest BCUT2D eigenvalue weighted by molar-refractivity contribution is 0.186. The van der Waals surface area contributed by atoms with Crippen LogP contribution in [0.25, 0.3) is 0 Å². The first-order valence-corrected chi connectivity index (χ1v) is 10.1. The molecule has 158 valence electrons. The van der Waals surface area contributed by atoms with Crippen LogP contribution in [0.2, 0.25) is 10.0 Å². The molecule has 2 aromatic rings. The van der Waals surface area contributed by atoms with Crippen LogP contribution in [0.5, 0.6) is 11.5 Å². The van der Waals surface area contributed by atoms with Crippen LogP contribution in [0.15, 0.2) is 36.4 Å². The molecule has 29 heavy (non-hydrogen) atoms. The molecule has 0 aliphatic rings. The number of methoxy groups -OCH3 is 2. The molecular formula is C22H28Cl2N2O3. The number of rotatable bonds is 7. The van der Waals surface area contributed by atoms with Crippen LogP contribution in [0.4, 0.5) is 4.79 Å². The van der Waals surface area contributed by atoms with Gasteiger partial charge in [-0.05, 0) is 62.6 Å². The third-order valence-corrected chi connectivity index (χ3v) is 4.84. The molecule has 0 heterocycles. The Balaban J connectivity index is 2.21. The maximum Gasteiger partial charge on any atom is 0.318 e. The lowest BCUT2D eigenvalue weighted by atomic mass is 10.1. The highest BCUT2D eigenvalue weighted by atomic mass is 35.5. The van der Waals surface area contributed by atoms with Crippen molar-refractivity contribution in [3.8, 4) is 11.5 Å². The molecule has 0 saturated heterocycles. The number of nitrogens with one attached hydrogen (secondary N) is 1. The standard InChI is InChI=1S/C22H28Cl2N2O3/c1-22(2,3)25-21(27)26(11-10-16-7-8-17(23)13-18(16)24)14-15-6-9-19(28-4)20(12-15)29-5/h6-9,12-13H,10-11,14H2,1-5H3,(H,25,27). The number of carbonyl (C=O) groups excluding carboxylic acids is 1. The van der Waals surface area contributed by atoms with Gasteiger partial charge in [0.05, 0.1) is 14.2 Å². The summed E-state index contributed by atoms with van der Waals surface area (Å²) in [4.78, 5) is 14.7. The largest absolute Gasteiger partial charge is 0.493 e. The van der Waals surface area contributed by atoms with Crippen molar-refractivity contribution >= 4 is 29.2 Å². The third-order valence-electron chi connectivity index (χ3n) is 4.26. The smallest absolute Gasteiger partial charge is 0.318 e. The zero-order valence-electron chi connectivity index (χ0n) is 17.5. The Morgan fingerprint density at radius 2 is 1.72 bits per heavy atom. The maximum atomic E-state index is 12.9. The molecule has 0 unspecified atom stereocenters. The first-order chi connectivity index (χ1) is 13.6. The molecule has 0 aromatic heterocycles. The van der Waals surface area contributed by atoms with Crippen molar-refractivity contribution in [2.24, 2.45) is 0 Å². The SMILES string of the molecule is COc1ccc(CN(CCc2ccc(Cl)cc2Cl)C(=O)NC(C)(C)C)cc1OC. The Morgan fingerprint density at radius 3 is 2.31 bits per heavy atom. The van der Waals surface area contributed by atoms with Gasteiger partial charge in [0, 0.05) is 28.7 Å². The van der Waals surface area contributed by atoms with Crippen molar-refractivity contribution in [3.05, 3.63) is 57.6 Å². The van der Waals surface area contributed by atoms with Crippen LogP contribution in [-0.4, -0.2) is 37.2 Å². The van der Waals surface area contributed by atoms with Gasteiger partial charge in [0.2, 0.25) is 0 Å². The number of nitrogens with zero attached hydrogens (tertiary/aromatic N) is 1. The van der Waals surface area contributed by atoms with E-state index in [4.69, 9.17) is 32.7 Å². The summed E-state index contributed by atoms with van der Waals surface area (Å²) < 4.78 is 10.7. The fraction of sp³-hybridized carbons (Fsp3) is 0.409. The van der Waals surface area contributed by atoms with Gasteiger partial charge in [0.15, 0.2) is 11.5 Å². The van der Waals surface area contributed by atoms with Crippen LogP contribution < -0.4 is 14.8 Å². The summed E-state index contributed by atoms with van der Waals surface area (Å²) in [5.74, 6) is 1.27. The molecule has 1 N–H and O–H groups in total. The number of urea groups is 1. The summed E-state index contributed by atoms with van der Waals surface area (Å²) in [7, 11) is 3.19. The first kappa shape index (κ1) is 23.2. The highest BCUT2D eigenvalue weighted by Gasteiger charge is 2.21. The minimum absolute atomic E-state index is 0.141.